The summed E-state index contributed by atoms with van der Waals surface area (Å²) in [7, 11) is 0. The molecule has 0 aliphatic heterocycles. The maximum absolute atomic E-state index is 12.4. The van der Waals surface area contributed by atoms with E-state index >= 15 is 0 Å². The molecular formula is C17H23NO3. The third-order valence-electron chi connectivity index (χ3n) is 4.49. The zero-order chi connectivity index (χ0) is 15.4. The van der Waals surface area contributed by atoms with E-state index in [0.29, 0.717) is 18.8 Å². The Balaban J connectivity index is 2.09. The van der Waals surface area contributed by atoms with Crippen LogP contribution in [-0.4, -0.2) is 17.0 Å². The van der Waals surface area contributed by atoms with Gasteiger partial charge in [0.2, 0.25) is 5.91 Å². The molecule has 2 rings (SSSR count). The molecule has 4 heteroatoms. The summed E-state index contributed by atoms with van der Waals surface area (Å²) in [6.07, 6.45) is 3.12. The van der Waals surface area contributed by atoms with Crippen molar-refractivity contribution in [2.24, 2.45) is 17.8 Å². The lowest BCUT2D eigenvalue weighted by Gasteiger charge is -2.16. The smallest absolute Gasteiger partial charge is 0.307 e. The molecule has 1 aliphatic carbocycles. The topological polar surface area (TPSA) is 66.4 Å². The number of aliphatic carboxylic acids is 1. The number of carboxylic acids is 1. The van der Waals surface area contributed by atoms with Gasteiger partial charge in [0.25, 0.3) is 0 Å². The summed E-state index contributed by atoms with van der Waals surface area (Å²) >= 11 is 0. The Morgan fingerprint density at radius 2 is 1.95 bits per heavy atom. The van der Waals surface area contributed by atoms with Gasteiger partial charge in [-0.05, 0) is 42.9 Å². The molecule has 21 heavy (non-hydrogen) atoms. The molecule has 1 aromatic carbocycles. The number of carbonyl (C=O) groups excluding carboxylic acids is 1. The van der Waals surface area contributed by atoms with Crippen LogP contribution < -0.4 is 5.32 Å². The summed E-state index contributed by atoms with van der Waals surface area (Å²) in [6, 6.07) is 7.71. The molecule has 114 valence electrons. The number of rotatable bonds is 5. The van der Waals surface area contributed by atoms with Crippen LogP contribution in [0.4, 0.5) is 5.69 Å². The van der Waals surface area contributed by atoms with Gasteiger partial charge in [0.1, 0.15) is 0 Å². The van der Waals surface area contributed by atoms with Gasteiger partial charge in [-0.15, -0.1) is 0 Å². The van der Waals surface area contributed by atoms with Crippen molar-refractivity contribution in [1.29, 1.82) is 0 Å². The molecule has 0 radical (unpaired) electrons. The number of amides is 1. The van der Waals surface area contributed by atoms with Crippen LogP contribution >= 0.6 is 0 Å². The first-order valence-electron chi connectivity index (χ1n) is 7.67. The number of carbonyl (C=O) groups is 2. The first kappa shape index (κ1) is 15.5. The van der Waals surface area contributed by atoms with Crippen LogP contribution in [0.5, 0.6) is 0 Å². The fourth-order valence-corrected chi connectivity index (χ4v) is 3.14. The van der Waals surface area contributed by atoms with E-state index in [0.717, 1.165) is 24.1 Å². The minimum atomic E-state index is -0.853. The van der Waals surface area contributed by atoms with Crippen molar-refractivity contribution in [3.63, 3.8) is 0 Å². The lowest BCUT2D eigenvalue weighted by molar-refractivity contribution is -0.145. The summed E-state index contributed by atoms with van der Waals surface area (Å²) in [5.41, 5.74) is 1.91. The Bertz CT molecular complexity index is 527. The van der Waals surface area contributed by atoms with E-state index in [9.17, 15) is 14.7 Å². The van der Waals surface area contributed by atoms with Crippen molar-refractivity contribution < 1.29 is 14.7 Å². The van der Waals surface area contributed by atoms with Crippen molar-refractivity contribution in [3.05, 3.63) is 29.8 Å². The van der Waals surface area contributed by atoms with Crippen molar-refractivity contribution in [2.75, 3.05) is 5.32 Å². The van der Waals surface area contributed by atoms with Gasteiger partial charge in [0.15, 0.2) is 0 Å². The van der Waals surface area contributed by atoms with Gasteiger partial charge in [-0.3, -0.25) is 9.59 Å². The highest BCUT2D eigenvalue weighted by atomic mass is 16.4. The van der Waals surface area contributed by atoms with Gasteiger partial charge in [-0.2, -0.15) is 0 Å². The number of anilines is 1. The number of benzene rings is 1. The van der Waals surface area contributed by atoms with Crippen LogP contribution in [0.2, 0.25) is 0 Å². The minimum Gasteiger partial charge on any atom is -0.481 e. The summed E-state index contributed by atoms with van der Waals surface area (Å²) in [5, 5.41) is 12.2. The van der Waals surface area contributed by atoms with Crippen LogP contribution in [0.15, 0.2) is 24.3 Å². The van der Waals surface area contributed by atoms with Crippen molar-refractivity contribution >= 4 is 17.6 Å². The van der Waals surface area contributed by atoms with Gasteiger partial charge < -0.3 is 10.4 Å². The van der Waals surface area contributed by atoms with E-state index in [1.807, 2.05) is 24.3 Å². The third-order valence-corrected chi connectivity index (χ3v) is 4.49. The fraction of sp³-hybridized carbons (Fsp3) is 0.529. The van der Waals surface area contributed by atoms with Crippen molar-refractivity contribution in [1.82, 2.24) is 0 Å². The second-order valence-electron chi connectivity index (χ2n) is 5.84. The Kier molecular flexibility index (Phi) is 4.99. The number of hydrogen-bond acceptors (Lipinski definition) is 2. The summed E-state index contributed by atoms with van der Waals surface area (Å²) < 4.78 is 0. The molecule has 2 N–H and O–H groups in total. The Hall–Kier alpha value is -1.84. The number of aryl methyl sites for hydroxylation is 1. The molecule has 1 fully saturated rings. The molecule has 0 spiro atoms. The molecule has 0 heterocycles. The lowest BCUT2D eigenvalue weighted by atomic mass is 9.95. The highest BCUT2D eigenvalue weighted by Gasteiger charge is 2.42. The lowest BCUT2D eigenvalue weighted by Crippen LogP contribution is -2.30. The van der Waals surface area contributed by atoms with Crippen LogP contribution in [0.25, 0.3) is 0 Å². The van der Waals surface area contributed by atoms with Crippen LogP contribution in [0, 0.1) is 17.8 Å². The molecule has 1 aliphatic rings. The Morgan fingerprint density at radius 3 is 2.57 bits per heavy atom. The third kappa shape index (κ3) is 3.63. The predicted molar refractivity (Wildman–Crippen MR) is 82.1 cm³/mol. The Labute approximate surface area is 125 Å². The van der Waals surface area contributed by atoms with E-state index in [1.165, 1.54) is 0 Å². The minimum absolute atomic E-state index is 0.161. The summed E-state index contributed by atoms with van der Waals surface area (Å²) in [5.74, 6) is -1.65. The molecule has 3 atom stereocenters. The first-order chi connectivity index (χ1) is 10.0. The number of carboxylic acid groups (broad SMARTS) is 1. The monoisotopic (exact) mass is 289 g/mol. The predicted octanol–water partition coefficient (Wildman–Crippen LogP) is 3.32. The van der Waals surface area contributed by atoms with Gasteiger partial charge in [-0.1, -0.05) is 32.4 Å². The zero-order valence-electron chi connectivity index (χ0n) is 12.6. The second kappa shape index (κ2) is 6.74. The van der Waals surface area contributed by atoms with Gasteiger partial charge in [-0.25, -0.2) is 0 Å². The molecule has 4 nitrogen and oxygen atoms in total. The average molecular weight is 289 g/mol. The summed E-state index contributed by atoms with van der Waals surface area (Å²) in [6.45, 7) is 4.11. The van der Waals surface area contributed by atoms with Crippen LogP contribution in [0.3, 0.4) is 0 Å². The van der Waals surface area contributed by atoms with E-state index < -0.39 is 17.8 Å². The quantitative estimate of drug-likeness (QED) is 0.873. The van der Waals surface area contributed by atoms with E-state index in [1.54, 1.807) is 0 Å². The largest absolute Gasteiger partial charge is 0.481 e. The van der Waals surface area contributed by atoms with Gasteiger partial charge in [0, 0.05) is 5.69 Å². The molecular weight excluding hydrogens is 266 g/mol. The SMILES string of the molecule is CCc1cccc(NC(=O)C2CC(CC)CC2C(=O)O)c1. The molecule has 0 bridgehead atoms. The van der Waals surface area contributed by atoms with Crippen LogP contribution in [0.1, 0.15) is 38.7 Å². The second-order valence-corrected chi connectivity index (χ2v) is 5.84. The standard InChI is InChI=1S/C17H23NO3/c1-3-11-6-5-7-13(8-11)18-16(19)14-9-12(4-2)10-15(14)17(20)21/h5-8,12,14-15H,3-4,9-10H2,1-2H3,(H,18,19)(H,20,21). The van der Waals surface area contributed by atoms with E-state index in [-0.39, 0.29) is 5.91 Å². The maximum Gasteiger partial charge on any atom is 0.307 e. The molecule has 1 amide bonds. The van der Waals surface area contributed by atoms with E-state index in [2.05, 4.69) is 19.2 Å². The maximum atomic E-state index is 12.4. The van der Waals surface area contributed by atoms with Gasteiger partial charge >= 0.3 is 5.97 Å². The van der Waals surface area contributed by atoms with Gasteiger partial charge in [0.05, 0.1) is 11.8 Å². The van der Waals surface area contributed by atoms with E-state index in [4.69, 9.17) is 0 Å². The zero-order valence-corrected chi connectivity index (χ0v) is 12.6. The van der Waals surface area contributed by atoms with Crippen molar-refractivity contribution in [3.8, 4) is 0 Å². The first-order valence-corrected chi connectivity index (χ1v) is 7.67. The van der Waals surface area contributed by atoms with Crippen molar-refractivity contribution in [2.45, 2.75) is 39.5 Å². The normalized spacial score (nSPS) is 24.8. The van der Waals surface area contributed by atoms with Crippen LogP contribution in [-0.2, 0) is 16.0 Å². The molecule has 0 saturated heterocycles. The molecule has 1 saturated carbocycles. The number of nitrogens with one attached hydrogen (secondary N) is 1. The molecule has 0 aromatic heterocycles. The molecule has 1 aromatic rings. The number of hydrogen-bond donors (Lipinski definition) is 2. The Morgan fingerprint density at radius 1 is 1.24 bits per heavy atom. The highest BCUT2D eigenvalue weighted by Crippen LogP contribution is 2.39. The summed E-state index contributed by atoms with van der Waals surface area (Å²) in [4.78, 5) is 23.8. The molecule has 3 unspecified atom stereocenters. The highest BCUT2D eigenvalue weighted by molar-refractivity contribution is 5.95. The average Bonchev–Trinajstić information content (AvgIpc) is 2.92. The fourth-order valence-electron chi connectivity index (χ4n) is 3.14.